The van der Waals surface area contributed by atoms with E-state index in [1.165, 1.54) is 0 Å². The second kappa shape index (κ2) is 7.62. The van der Waals surface area contributed by atoms with Gasteiger partial charge in [0.25, 0.3) is 0 Å². The molecule has 0 saturated carbocycles. The molecule has 0 bridgehead atoms. The summed E-state index contributed by atoms with van der Waals surface area (Å²) in [7, 11) is 1.65. The molecule has 0 aliphatic carbocycles. The molecular weight excluding hydrogens is 338 g/mol. The van der Waals surface area contributed by atoms with E-state index < -0.39 is 0 Å². The molecule has 2 heterocycles. The highest BCUT2D eigenvalue weighted by atomic mass is 32.1. The van der Waals surface area contributed by atoms with Crippen molar-refractivity contribution in [3.63, 3.8) is 0 Å². The Morgan fingerprint density at radius 1 is 1.28 bits per heavy atom. The summed E-state index contributed by atoms with van der Waals surface area (Å²) in [4.78, 5) is 0. The number of methoxy groups -OCH3 is 1. The van der Waals surface area contributed by atoms with E-state index in [-0.39, 0.29) is 6.61 Å². The summed E-state index contributed by atoms with van der Waals surface area (Å²) in [6.07, 6.45) is 0.637. The first-order chi connectivity index (χ1) is 12.1. The molecular formula is C17H21N5O2S. The van der Waals surface area contributed by atoms with Gasteiger partial charge in [-0.1, -0.05) is 12.1 Å². The number of aliphatic hydroxyl groups is 1. The van der Waals surface area contributed by atoms with E-state index in [1.807, 2.05) is 46.5 Å². The van der Waals surface area contributed by atoms with Gasteiger partial charge >= 0.3 is 0 Å². The molecule has 0 saturated heterocycles. The van der Waals surface area contributed by atoms with Gasteiger partial charge in [0.1, 0.15) is 11.4 Å². The minimum absolute atomic E-state index is 0.122. The van der Waals surface area contributed by atoms with Crippen molar-refractivity contribution < 1.29 is 9.84 Å². The third-order valence-electron chi connectivity index (χ3n) is 3.92. The summed E-state index contributed by atoms with van der Waals surface area (Å²) in [6, 6.07) is 9.84. The Kier molecular flexibility index (Phi) is 5.30. The highest BCUT2D eigenvalue weighted by molar-refractivity contribution is 7.71. The second-order valence-electron chi connectivity index (χ2n) is 5.76. The number of aliphatic hydroxyl groups excluding tert-OH is 1. The van der Waals surface area contributed by atoms with Gasteiger partial charge in [0, 0.05) is 13.2 Å². The third kappa shape index (κ3) is 3.80. The molecule has 3 rings (SSSR count). The predicted molar refractivity (Wildman–Crippen MR) is 97.2 cm³/mol. The summed E-state index contributed by atoms with van der Waals surface area (Å²) in [5.74, 6) is 1.55. The van der Waals surface area contributed by atoms with Crippen LogP contribution < -0.4 is 4.74 Å². The van der Waals surface area contributed by atoms with Crippen LogP contribution in [-0.2, 0) is 13.1 Å². The van der Waals surface area contributed by atoms with E-state index in [2.05, 4.69) is 15.3 Å². The Balaban J connectivity index is 1.95. The first-order valence-corrected chi connectivity index (χ1v) is 8.47. The van der Waals surface area contributed by atoms with E-state index in [0.29, 0.717) is 24.3 Å². The van der Waals surface area contributed by atoms with Gasteiger partial charge in [0.15, 0.2) is 10.6 Å². The summed E-state index contributed by atoms with van der Waals surface area (Å²) in [5, 5.41) is 20.9. The van der Waals surface area contributed by atoms with Crippen molar-refractivity contribution in [1.82, 2.24) is 24.5 Å². The number of aryl methyl sites for hydroxylation is 2. The van der Waals surface area contributed by atoms with Crippen LogP contribution in [0, 0.1) is 11.7 Å². The molecule has 2 N–H and O–H groups in total. The monoisotopic (exact) mass is 359 g/mol. The molecule has 25 heavy (non-hydrogen) atoms. The Labute approximate surface area is 150 Å². The lowest BCUT2D eigenvalue weighted by Gasteiger charge is -2.09. The fourth-order valence-corrected chi connectivity index (χ4v) is 2.89. The number of nitrogens with one attached hydrogen (secondary N) is 1. The van der Waals surface area contributed by atoms with Gasteiger partial charge in [0.05, 0.1) is 19.3 Å². The number of rotatable bonds is 7. The number of aromatic nitrogens is 5. The molecule has 7 nitrogen and oxygen atoms in total. The molecule has 3 aromatic rings. The van der Waals surface area contributed by atoms with Crippen LogP contribution in [0.4, 0.5) is 0 Å². The summed E-state index contributed by atoms with van der Waals surface area (Å²) >= 11 is 5.41. The molecule has 0 amide bonds. The van der Waals surface area contributed by atoms with Gasteiger partial charge in [0.2, 0.25) is 0 Å². The van der Waals surface area contributed by atoms with Crippen molar-refractivity contribution in [1.29, 1.82) is 0 Å². The normalized spacial score (nSPS) is 11.0. The highest BCUT2D eigenvalue weighted by Crippen LogP contribution is 2.21. The lowest BCUT2D eigenvalue weighted by molar-refractivity contribution is 0.277. The standard InChI is InChI=1S/C17H21N5O2S/c1-12-10-15(22(20-12)8-3-9-23)16-18-19-17(25)21(16)11-13-4-6-14(24-2)7-5-13/h4-7,10,23H,3,8-9,11H2,1-2H3,(H,19,25). The average Bonchev–Trinajstić information content (AvgIpc) is 3.16. The van der Waals surface area contributed by atoms with Gasteiger partial charge in [-0.05, 0) is 49.3 Å². The molecule has 2 aromatic heterocycles. The molecule has 0 atom stereocenters. The number of hydrogen-bond acceptors (Lipinski definition) is 5. The van der Waals surface area contributed by atoms with Crippen LogP contribution in [0.2, 0.25) is 0 Å². The molecule has 0 radical (unpaired) electrons. The van der Waals surface area contributed by atoms with E-state index in [9.17, 15) is 0 Å². The maximum Gasteiger partial charge on any atom is 0.195 e. The first kappa shape index (κ1) is 17.4. The van der Waals surface area contributed by atoms with Crippen molar-refractivity contribution in [2.75, 3.05) is 13.7 Å². The topological polar surface area (TPSA) is 80.9 Å². The fourth-order valence-electron chi connectivity index (χ4n) is 2.69. The summed E-state index contributed by atoms with van der Waals surface area (Å²) < 4.78 is 9.56. The van der Waals surface area contributed by atoms with Crippen LogP contribution >= 0.6 is 12.2 Å². The number of aromatic amines is 1. The first-order valence-electron chi connectivity index (χ1n) is 8.06. The molecule has 132 valence electrons. The van der Waals surface area contributed by atoms with Crippen molar-refractivity contribution in [3.05, 3.63) is 46.4 Å². The minimum atomic E-state index is 0.122. The highest BCUT2D eigenvalue weighted by Gasteiger charge is 2.15. The maximum absolute atomic E-state index is 9.10. The van der Waals surface area contributed by atoms with Gasteiger partial charge in [-0.15, -0.1) is 0 Å². The number of hydrogen-bond donors (Lipinski definition) is 2. The largest absolute Gasteiger partial charge is 0.497 e. The van der Waals surface area contributed by atoms with E-state index in [1.54, 1.807) is 7.11 Å². The quantitative estimate of drug-likeness (QED) is 0.634. The van der Waals surface area contributed by atoms with E-state index in [4.69, 9.17) is 22.1 Å². The van der Waals surface area contributed by atoms with Crippen LogP contribution in [0.15, 0.2) is 30.3 Å². The molecule has 0 unspecified atom stereocenters. The Morgan fingerprint density at radius 3 is 2.72 bits per heavy atom. The summed E-state index contributed by atoms with van der Waals surface area (Å²) in [6.45, 7) is 3.28. The zero-order valence-corrected chi connectivity index (χ0v) is 15.1. The van der Waals surface area contributed by atoms with E-state index >= 15 is 0 Å². The van der Waals surface area contributed by atoms with Crippen molar-refractivity contribution in [3.8, 4) is 17.3 Å². The van der Waals surface area contributed by atoms with Gasteiger partial charge in [-0.25, -0.2) is 0 Å². The second-order valence-corrected chi connectivity index (χ2v) is 6.14. The Morgan fingerprint density at radius 2 is 2.04 bits per heavy atom. The fraction of sp³-hybridized carbons (Fsp3) is 0.353. The van der Waals surface area contributed by atoms with Crippen LogP contribution in [0.1, 0.15) is 17.7 Å². The van der Waals surface area contributed by atoms with Crippen molar-refractivity contribution in [2.24, 2.45) is 0 Å². The van der Waals surface area contributed by atoms with Crippen LogP contribution in [0.5, 0.6) is 5.75 Å². The molecule has 0 spiro atoms. The number of nitrogens with zero attached hydrogens (tertiary/aromatic N) is 4. The molecule has 1 aromatic carbocycles. The van der Waals surface area contributed by atoms with Crippen LogP contribution in [0.25, 0.3) is 11.5 Å². The molecule has 0 aliphatic heterocycles. The average molecular weight is 359 g/mol. The number of H-pyrrole nitrogens is 1. The van der Waals surface area contributed by atoms with Gasteiger partial charge < -0.3 is 9.84 Å². The van der Waals surface area contributed by atoms with Gasteiger partial charge in [-0.3, -0.25) is 14.3 Å². The predicted octanol–water partition coefficient (Wildman–Crippen LogP) is 2.55. The maximum atomic E-state index is 9.10. The number of ether oxygens (including phenoxy) is 1. The lowest BCUT2D eigenvalue weighted by atomic mass is 10.2. The van der Waals surface area contributed by atoms with E-state index in [0.717, 1.165) is 28.5 Å². The van der Waals surface area contributed by atoms with Crippen molar-refractivity contribution >= 4 is 12.2 Å². The van der Waals surface area contributed by atoms with Crippen molar-refractivity contribution in [2.45, 2.75) is 26.4 Å². The number of benzene rings is 1. The molecule has 0 fully saturated rings. The van der Waals surface area contributed by atoms with Crippen LogP contribution in [-0.4, -0.2) is 43.4 Å². The zero-order chi connectivity index (χ0) is 17.8. The Bertz CT molecular complexity index is 895. The van der Waals surface area contributed by atoms with Gasteiger partial charge in [-0.2, -0.15) is 10.2 Å². The third-order valence-corrected chi connectivity index (χ3v) is 4.23. The SMILES string of the molecule is COc1ccc(Cn2c(-c3cc(C)nn3CCCO)n[nH]c2=S)cc1. The minimum Gasteiger partial charge on any atom is -0.497 e. The molecule has 0 aliphatic rings. The zero-order valence-electron chi connectivity index (χ0n) is 14.3. The van der Waals surface area contributed by atoms with Crippen LogP contribution in [0.3, 0.4) is 0 Å². The smallest absolute Gasteiger partial charge is 0.195 e. The Hall–Kier alpha value is -2.45. The lowest BCUT2D eigenvalue weighted by Crippen LogP contribution is -2.08. The molecule has 8 heteroatoms. The summed E-state index contributed by atoms with van der Waals surface area (Å²) in [5.41, 5.74) is 2.88.